The molecular weight excluding hydrogens is 188 g/mol. The number of nitrogens with zero attached hydrogens (tertiary/aromatic N) is 1. The number of unbranched alkanes of at least 4 members (excludes halogenated alkanes) is 1. The van der Waals surface area contributed by atoms with Crippen molar-refractivity contribution in [1.82, 2.24) is 10.2 Å². The summed E-state index contributed by atoms with van der Waals surface area (Å²) < 4.78 is 0. The summed E-state index contributed by atoms with van der Waals surface area (Å²) in [4.78, 5) is 2.44. The van der Waals surface area contributed by atoms with Crippen LogP contribution >= 0.6 is 0 Å². The first-order valence-electron chi connectivity index (χ1n) is 6.27. The Morgan fingerprint density at radius 3 is 2.33 bits per heavy atom. The SMILES string of the molecule is CCCCN(CCCO)CCNC(C)C. The predicted octanol–water partition coefficient (Wildman–Crippen LogP) is 1.47. The topological polar surface area (TPSA) is 35.5 Å². The second-order valence-electron chi connectivity index (χ2n) is 4.38. The van der Waals surface area contributed by atoms with E-state index in [1.165, 1.54) is 12.8 Å². The molecule has 0 fully saturated rings. The van der Waals surface area contributed by atoms with Gasteiger partial charge in [0, 0.05) is 32.3 Å². The first-order chi connectivity index (χ1) is 7.20. The molecular formula is C12H28N2O. The van der Waals surface area contributed by atoms with Crippen molar-refractivity contribution in [2.45, 2.75) is 46.1 Å². The van der Waals surface area contributed by atoms with Crippen LogP contribution in [0.1, 0.15) is 40.0 Å². The zero-order valence-corrected chi connectivity index (χ0v) is 10.6. The summed E-state index contributed by atoms with van der Waals surface area (Å²) in [6.07, 6.45) is 3.39. The standard InChI is InChI=1S/C12H28N2O/c1-4-5-8-14(9-6-11-15)10-7-13-12(2)3/h12-13,15H,4-11H2,1-3H3. The highest BCUT2D eigenvalue weighted by Crippen LogP contribution is 1.96. The maximum Gasteiger partial charge on any atom is 0.0443 e. The zero-order valence-electron chi connectivity index (χ0n) is 10.6. The van der Waals surface area contributed by atoms with Gasteiger partial charge in [-0.25, -0.2) is 0 Å². The van der Waals surface area contributed by atoms with Crippen LogP contribution in [0.2, 0.25) is 0 Å². The Morgan fingerprint density at radius 2 is 1.80 bits per heavy atom. The molecule has 0 saturated heterocycles. The minimum atomic E-state index is 0.306. The highest BCUT2D eigenvalue weighted by Gasteiger charge is 2.03. The van der Waals surface area contributed by atoms with E-state index in [9.17, 15) is 0 Å². The van der Waals surface area contributed by atoms with Gasteiger partial charge < -0.3 is 15.3 Å². The lowest BCUT2D eigenvalue weighted by molar-refractivity contribution is 0.220. The Balaban J connectivity index is 3.58. The molecule has 15 heavy (non-hydrogen) atoms. The highest BCUT2D eigenvalue weighted by atomic mass is 16.3. The smallest absolute Gasteiger partial charge is 0.0443 e. The average Bonchev–Trinajstić information content (AvgIpc) is 2.20. The van der Waals surface area contributed by atoms with Crippen molar-refractivity contribution in [3.8, 4) is 0 Å². The Labute approximate surface area is 94.9 Å². The molecule has 0 saturated carbocycles. The van der Waals surface area contributed by atoms with Gasteiger partial charge in [-0.15, -0.1) is 0 Å². The zero-order chi connectivity index (χ0) is 11.5. The van der Waals surface area contributed by atoms with Crippen molar-refractivity contribution in [3.63, 3.8) is 0 Å². The maximum absolute atomic E-state index is 8.81. The molecule has 0 aromatic rings. The highest BCUT2D eigenvalue weighted by molar-refractivity contribution is 4.61. The van der Waals surface area contributed by atoms with Crippen LogP contribution in [-0.2, 0) is 0 Å². The van der Waals surface area contributed by atoms with Gasteiger partial charge in [-0.3, -0.25) is 0 Å². The van der Waals surface area contributed by atoms with Crippen LogP contribution < -0.4 is 5.32 Å². The summed E-state index contributed by atoms with van der Waals surface area (Å²) in [5, 5.41) is 12.2. The van der Waals surface area contributed by atoms with Gasteiger partial charge in [0.05, 0.1) is 0 Å². The fourth-order valence-corrected chi connectivity index (χ4v) is 1.52. The van der Waals surface area contributed by atoms with E-state index in [-0.39, 0.29) is 0 Å². The van der Waals surface area contributed by atoms with Gasteiger partial charge in [-0.2, -0.15) is 0 Å². The molecule has 0 unspecified atom stereocenters. The second-order valence-corrected chi connectivity index (χ2v) is 4.38. The average molecular weight is 216 g/mol. The molecule has 2 N–H and O–H groups in total. The molecule has 0 aliphatic rings. The third kappa shape index (κ3) is 10.2. The van der Waals surface area contributed by atoms with Gasteiger partial charge in [-0.05, 0) is 19.4 Å². The van der Waals surface area contributed by atoms with E-state index in [0.717, 1.165) is 32.6 Å². The van der Waals surface area contributed by atoms with Gasteiger partial charge >= 0.3 is 0 Å². The van der Waals surface area contributed by atoms with Gasteiger partial charge in [0.25, 0.3) is 0 Å². The van der Waals surface area contributed by atoms with Gasteiger partial charge in [0.15, 0.2) is 0 Å². The molecule has 0 aliphatic carbocycles. The first kappa shape index (κ1) is 14.9. The lowest BCUT2D eigenvalue weighted by atomic mass is 10.3. The van der Waals surface area contributed by atoms with E-state index < -0.39 is 0 Å². The minimum absolute atomic E-state index is 0.306. The Kier molecular flexibility index (Phi) is 10.3. The van der Waals surface area contributed by atoms with Crippen molar-refractivity contribution < 1.29 is 5.11 Å². The van der Waals surface area contributed by atoms with Crippen molar-refractivity contribution in [1.29, 1.82) is 0 Å². The van der Waals surface area contributed by atoms with Crippen molar-refractivity contribution in [2.75, 3.05) is 32.8 Å². The monoisotopic (exact) mass is 216 g/mol. The lowest BCUT2D eigenvalue weighted by Crippen LogP contribution is -2.36. The van der Waals surface area contributed by atoms with Crippen molar-refractivity contribution in [3.05, 3.63) is 0 Å². The molecule has 0 bridgehead atoms. The summed E-state index contributed by atoms with van der Waals surface area (Å²) in [6.45, 7) is 11.2. The molecule has 0 heterocycles. The number of nitrogens with one attached hydrogen (secondary N) is 1. The number of hydrogen-bond donors (Lipinski definition) is 2. The fourth-order valence-electron chi connectivity index (χ4n) is 1.52. The first-order valence-corrected chi connectivity index (χ1v) is 6.27. The van der Waals surface area contributed by atoms with Crippen molar-refractivity contribution >= 4 is 0 Å². The number of aliphatic hydroxyl groups is 1. The molecule has 0 amide bonds. The summed E-state index contributed by atoms with van der Waals surface area (Å²) >= 11 is 0. The molecule has 92 valence electrons. The van der Waals surface area contributed by atoms with Crippen LogP contribution in [0.4, 0.5) is 0 Å². The van der Waals surface area contributed by atoms with Crippen LogP contribution in [-0.4, -0.2) is 48.8 Å². The summed E-state index contributed by atoms with van der Waals surface area (Å²) in [6, 6.07) is 0.566. The minimum Gasteiger partial charge on any atom is -0.396 e. The van der Waals surface area contributed by atoms with E-state index in [1.54, 1.807) is 0 Å². The molecule has 0 rings (SSSR count). The predicted molar refractivity (Wildman–Crippen MR) is 66.2 cm³/mol. The Morgan fingerprint density at radius 1 is 1.13 bits per heavy atom. The number of rotatable bonds is 10. The normalized spacial score (nSPS) is 11.6. The van der Waals surface area contributed by atoms with Crippen molar-refractivity contribution in [2.24, 2.45) is 0 Å². The van der Waals surface area contributed by atoms with E-state index in [4.69, 9.17) is 5.11 Å². The molecule has 0 spiro atoms. The molecule has 0 radical (unpaired) electrons. The summed E-state index contributed by atoms with van der Waals surface area (Å²) in [7, 11) is 0. The molecule has 3 nitrogen and oxygen atoms in total. The van der Waals surface area contributed by atoms with E-state index in [2.05, 4.69) is 31.0 Å². The summed E-state index contributed by atoms with van der Waals surface area (Å²) in [5.74, 6) is 0. The number of aliphatic hydroxyl groups excluding tert-OH is 1. The van der Waals surface area contributed by atoms with Crippen LogP contribution in [0.3, 0.4) is 0 Å². The third-order valence-corrected chi connectivity index (χ3v) is 2.44. The Bertz CT molecular complexity index is 121. The molecule has 3 heteroatoms. The molecule has 0 aliphatic heterocycles. The number of hydrogen-bond acceptors (Lipinski definition) is 3. The van der Waals surface area contributed by atoms with E-state index in [0.29, 0.717) is 12.6 Å². The second kappa shape index (κ2) is 10.4. The van der Waals surface area contributed by atoms with Crippen LogP contribution in [0.15, 0.2) is 0 Å². The van der Waals surface area contributed by atoms with E-state index >= 15 is 0 Å². The van der Waals surface area contributed by atoms with Crippen LogP contribution in [0.25, 0.3) is 0 Å². The molecule has 0 atom stereocenters. The van der Waals surface area contributed by atoms with Gasteiger partial charge in [0.1, 0.15) is 0 Å². The largest absolute Gasteiger partial charge is 0.396 e. The van der Waals surface area contributed by atoms with Crippen LogP contribution in [0.5, 0.6) is 0 Å². The van der Waals surface area contributed by atoms with Crippen LogP contribution in [0, 0.1) is 0 Å². The fraction of sp³-hybridized carbons (Fsp3) is 1.00. The lowest BCUT2D eigenvalue weighted by Gasteiger charge is -2.22. The van der Waals surface area contributed by atoms with Gasteiger partial charge in [0.2, 0.25) is 0 Å². The Hall–Kier alpha value is -0.120. The van der Waals surface area contributed by atoms with E-state index in [1.807, 2.05) is 0 Å². The third-order valence-electron chi connectivity index (χ3n) is 2.44. The quantitative estimate of drug-likeness (QED) is 0.580. The summed E-state index contributed by atoms with van der Waals surface area (Å²) in [5.41, 5.74) is 0. The molecule has 0 aromatic carbocycles. The maximum atomic E-state index is 8.81. The van der Waals surface area contributed by atoms with Gasteiger partial charge in [-0.1, -0.05) is 27.2 Å². The molecule has 0 aromatic heterocycles.